The van der Waals surface area contributed by atoms with Gasteiger partial charge in [0.1, 0.15) is 13.2 Å². The lowest BCUT2D eigenvalue weighted by Gasteiger charge is -2.18. The molecule has 414 valence electrons. The maximum atomic E-state index is 12.8. The summed E-state index contributed by atoms with van der Waals surface area (Å²) in [6, 6.07) is 0. The number of carbonyl (C=O) groups is 3. The number of unbranched alkanes of at least 4 members (excludes halogenated alkanes) is 38. The molecular formula is C65H118O6. The highest BCUT2D eigenvalue weighted by atomic mass is 16.6. The SMILES string of the molecule is CCCCCC/C=C\CCCCCCCC(=O)OC(COC(=O)CCCCCCCCCCCCCCC)COC(=O)CCCCCCCCCCCCCC/C=C\C/C=C\C/C=C\CCCCCCC. The van der Waals surface area contributed by atoms with Crippen LogP contribution in [0.3, 0.4) is 0 Å². The molecule has 0 amide bonds. The Morgan fingerprint density at radius 3 is 0.817 bits per heavy atom. The van der Waals surface area contributed by atoms with Gasteiger partial charge in [0, 0.05) is 19.3 Å². The number of hydrogen-bond acceptors (Lipinski definition) is 6. The van der Waals surface area contributed by atoms with Gasteiger partial charge in [-0.15, -0.1) is 0 Å². The summed E-state index contributed by atoms with van der Waals surface area (Å²) in [5.74, 6) is -0.867. The van der Waals surface area contributed by atoms with Crippen LogP contribution in [-0.4, -0.2) is 37.2 Å². The number of ether oxygens (including phenoxy) is 3. The van der Waals surface area contributed by atoms with Crippen molar-refractivity contribution in [1.82, 2.24) is 0 Å². The van der Waals surface area contributed by atoms with Gasteiger partial charge in [-0.05, 0) is 83.5 Å². The summed E-state index contributed by atoms with van der Waals surface area (Å²) in [5.41, 5.74) is 0. The van der Waals surface area contributed by atoms with Gasteiger partial charge >= 0.3 is 17.9 Å². The summed E-state index contributed by atoms with van der Waals surface area (Å²) in [6.07, 6.45) is 74.0. The molecule has 1 atom stereocenters. The zero-order valence-electron chi connectivity index (χ0n) is 47.5. The molecule has 0 aliphatic heterocycles. The third-order valence-corrected chi connectivity index (χ3v) is 13.8. The average molecular weight is 996 g/mol. The van der Waals surface area contributed by atoms with Gasteiger partial charge in [-0.3, -0.25) is 14.4 Å². The molecule has 0 saturated heterocycles. The fourth-order valence-corrected chi connectivity index (χ4v) is 9.09. The summed E-state index contributed by atoms with van der Waals surface area (Å²) in [7, 11) is 0. The number of carbonyl (C=O) groups excluding carboxylic acids is 3. The predicted octanol–water partition coefficient (Wildman–Crippen LogP) is 21.0. The third-order valence-electron chi connectivity index (χ3n) is 13.8. The van der Waals surface area contributed by atoms with Crippen LogP contribution in [0.15, 0.2) is 48.6 Å². The molecule has 6 nitrogen and oxygen atoms in total. The van der Waals surface area contributed by atoms with Crippen LogP contribution in [0.25, 0.3) is 0 Å². The smallest absolute Gasteiger partial charge is 0.306 e. The molecule has 1 unspecified atom stereocenters. The first-order chi connectivity index (χ1) is 35.0. The van der Waals surface area contributed by atoms with Crippen molar-refractivity contribution >= 4 is 17.9 Å². The van der Waals surface area contributed by atoms with E-state index in [-0.39, 0.29) is 31.1 Å². The van der Waals surface area contributed by atoms with E-state index in [1.54, 1.807) is 0 Å². The van der Waals surface area contributed by atoms with E-state index in [1.807, 2.05) is 0 Å². The van der Waals surface area contributed by atoms with Crippen molar-refractivity contribution in [3.8, 4) is 0 Å². The summed E-state index contributed by atoms with van der Waals surface area (Å²) in [6.45, 7) is 6.64. The highest BCUT2D eigenvalue weighted by Gasteiger charge is 2.19. The normalized spacial score (nSPS) is 12.3. The minimum absolute atomic E-state index is 0.0731. The van der Waals surface area contributed by atoms with Gasteiger partial charge in [0.25, 0.3) is 0 Å². The maximum absolute atomic E-state index is 12.8. The van der Waals surface area contributed by atoms with Gasteiger partial charge in [0.2, 0.25) is 0 Å². The first kappa shape index (κ1) is 68.4. The second-order valence-electron chi connectivity index (χ2n) is 21.0. The number of hydrogen-bond donors (Lipinski definition) is 0. The second-order valence-corrected chi connectivity index (χ2v) is 21.0. The predicted molar refractivity (Wildman–Crippen MR) is 307 cm³/mol. The molecule has 0 rings (SSSR count). The lowest BCUT2D eigenvalue weighted by atomic mass is 10.0. The Balaban J connectivity index is 4.21. The lowest BCUT2D eigenvalue weighted by Crippen LogP contribution is -2.30. The highest BCUT2D eigenvalue weighted by molar-refractivity contribution is 5.71. The molecule has 0 radical (unpaired) electrons. The molecular weight excluding hydrogens is 877 g/mol. The van der Waals surface area contributed by atoms with Crippen molar-refractivity contribution in [2.45, 2.75) is 335 Å². The Bertz CT molecular complexity index is 1230. The maximum Gasteiger partial charge on any atom is 0.306 e. The molecule has 0 aliphatic rings. The van der Waals surface area contributed by atoms with E-state index in [2.05, 4.69) is 69.4 Å². The quantitative estimate of drug-likeness (QED) is 0.0261. The minimum atomic E-state index is -0.775. The molecule has 0 aliphatic carbocycles. The van der Waals surface area contributed by atoms with Crippen LogP contribution in [0.5, 0.6) is 0 Å². The first-order valence-corrected chi connectivity index (χ1v) is 31.1. The number of allylic oxidation sites excluding steroid dienone is 8. The average Bonchev–Trinajstić information content (AvgIpc) is 3.37. The second kappa shape index (κ2) is 59.9. The highest BCUT2D eigenvalue weighted by Crippen LogP contribution is 2.17. The Morgan fingerprint density at radius 1 is 0.282 bits per heavy atom. The van der Waals surface area contributed by atoms with Crippen molar-refractivity contribution in [3.05, 3.63) is 48.6 Å². The minimum Gasteiger partial charge on any atom is -0.462 e. The molecule has 0 bridgehead atoms. The molecule has 0 aromatic carbocycles. The zero-order chi connectivity index (χ0) is 51.4. The lowest BCUT2D eigenvalue weighted by molar-refractivity contribution is -0.167. The fourth-order valence-electron chi connectivity index (χ4n) is 9.09. The molecule has 0 N–H and O–H groups in total. The molecule has 0 aromatic rings. The molecule has 6 heteroatoms. The Morgan fingerprint density at radius 2 is 0.507 bits per heavy atom. The Hall–Kier alpha value is -2.63. The van der Waals surface area contributed by atoms with Crippen LogP contribution in [-0.2, 0) is 28.6 Å². The van der Waals surface area contributed by atoms with Gasteiger partial charge in [-0.2, -0.15) is 0 Å². The molecule has 0 saturated carbocycles. The van der Waals surface area contributed by atoms with E-state index in [0.717, 1.165) is 77.0 Å². The van der Waals surface area contributed by atoms with E-state index in [0.29, 0.717) is 19.3 Å². The topological polar surface area (TPSA) is 78.9 Å². The van der Waals surface area contributed by atoms with E-state index < -0.39 is 6.10 Å². The Kier molecular flexibility index (Phi) is 57.7. The summed E-state index contributed by atoms with van der Waals surface area (Å²) >= 11 is 0. The monoisotopic (exact) mass is 995 g/mol. The van der Waals surface area contributed by atoms with Crippen LogP contribution in [0.4, 0.5) is 0 Å². The van der Waals surface area contributed by atoms with Gasteiger partial charge in [0.05, 0.1) is 0 Å². The first-order valence-electron chi connectivity index (χ1n) is 31.1. The van der Waals surface area contributed by atoms with Gasteiger partial charge in [-0.25, -0.2) is 0 Å². The molecule has 0 aromatic heterocycles. The third kappa shape index (κ3) is 58.1. The van der Waals surface area contributed by atoms with Crippen molar-refractivity contribution in [2.24, 2.45) is 0 Å². The van der Waals surface area contributed by atoms with Crippen molar-refractivity contribution in [1.29, 1.82) is 0 Å². The van der Waals surface area contributed by atoms with E-state index in [1.165, 1.54) is 212 Å². The molecule has 0 spiro atoms. The number of esters is 3. The van der Waals surface area contributed by atoms with E-state index >= 15 is 0 Å². The van der Waals surface area contributed by atoms with Crippen molar-refractivity contribution < 1.29 is 28.6 Å². The van der Waals surface area contributed by atoms with Gasteiger partial charge < -0.3 is 14.2 Å². The van der Waals surface area contributed by atoms with Crippen molar-refractivity contribution in [3.63, 3.8) is 0 Å². The van der Waals surface area contributed by atoms with Gasteiger partial charge in [0.15, 0.2) is 6.10 Å². The van der Waals surface area contributed by atoms with Crippen LogP contribution < -0.4 is 0 Å². The van der Waals surface area contributed by atoms with Crippen LogP contribution in [0.2, 0.25) is 0 Å². The van der Waals surface area contributed by atoms with Crippen LogP contribution >= 0.6 is 0 Å². The summed E-state index contributed by atoms with van der Waals surface area (Å²) in [5, 5.41) is 0. The summed E-state index contributed by atoms with van der Waals surface area (Å²) in [4.78, 5) is 38.2. The van der Waals surface area contributed by atoms with Crippen molar-refractivity contribution in [2.75, 3.05) is 13.2 Å². The van der Waals surface area contributed by atoms with E-state index in [4.69, 9.17) is 14.2 Å². The van der Waals surface area contributed by atoms with Crippen LogP contribution in [0.1, 0.15) is 329 Å². The fraction of sp³-hybridized carbons (Fsp3) is 0.831. The standard InChI is InChI=1S/C65H118O6/c1-4-7-10-13-16-19-22-25-26-27-28-29-30-31-32-33-34-35-36-37-38-41-43-46-49-52-55-58-64(67)70-61-62(71-65(68)59-56-53-50-47-44-40-24-21-18-15-12-9-6-3)60-69-63(66)57-54-51-48-45-42-39-23-20-17-14-11-8-5-2/h21-22,24-25,27-28,30-31,62H,4-20,23,26,29,32-61H2,1-3H3/b24-21-,25-22-,28-27-,31-30-. The van der Waals surface area contributed by atoms with Crippen LogP contribution in [0, 0.1) is 0 Å². The molecule has 0 heterocycles. The Labute approximate surface area is 441 Å². The molecule has 71 heavy (non-hydrogen) atoms. The number of rotatable bonds is 57. The van der Waals surface area contributed by atoms with Gasteiger partial charge in [-0.1, -0.05) is 275 Å². The largest absolute Gasteiger partial charge is 0.462 e. The van der Waals surface area contributed by atoms with E-state index in [9.17, 15) is 14.4 Å². The summed E-state index contributed by atoms with van der Waals surface area (Å²) < 4.78 is 16.9. The molecule has 0 fully saturated rings. The zero-order valence-corrected chi connectivity index (χ0v) is 47.5.